The zero-order valence-corrected chi connectivity index (χ0v) is 7.22. The Hall–Kier alpha value is -0.770. The van der Waals surface area contributed by atoms with E-state index in [1.165, 1.54) is 18.2 Å². The molecule has 3 nitrogen and oxygen atoms in total. The molecule has 0 spiro atoms. The van der Waals surface area contributed by atoms with Gasteiger partial charge in [0.1, 0.15) is 0 Å². The summed E-state index contributed by atoms with van der Waals surface area (Å²) in [6, 6.07) is 4.12. The van der Waals surface area contributed by atoms with Gasteiger partial charge in [-0.05, 0) is 18.2 Å². The Kier molecular flexibility index (Phi) is 2.92. The number of halogens is 2. The van der Waals surface area contributed by atoms with Gasteiger partial charge in [0.05, 0.1) is 10.6 Å². The Morgan fingerprint density at radius 2 is 2.00 bits per heavy atom. The van der Waals surface area contributed by atoms with E-state index in [4.69, 9.17) is 23.2 Å². The SMILES string of the molecule is [O]OC(=O)c1ccc(Cl)cc1Cl. The highest BCUT2D eigenvalue weighted by Crippen LogP contribution is 2.21. The summed E-state index contributed by atoms with van der Waals surface area (Å²) < 4.78 is 0. The average Bonchev–Trinajstić information content (AvgIpc) is 2.03. The van der Waals surface area contributed by atoms with Crippen LogP contribution in [0.15, 0.2) is 18.2 Å². The van der Waals surface area contributed by atoms with Crippen LogP contribution in [0.4, 0.5) is 0 Å². The number of hydrogen-bond donors (Lipinski definition) is 0. The Morgan fingerprint density at radius 3 is 2.50 bits per heavy atom. The molecule has 0 fully saturated rings. The van der Waals surface area contributed by atoms with Crippen LogP contribution in [0.1, 0.15) is 10.4 Å². The van der Waals surface area contributed by atoms with Gasteiger partial charge < -0.3 is 0 Å². The fraction of sp³-hybridized carbons (Fsp3) is 0. The second kappa shape index (κ2) is 3.76. The molecule has 0 unspecified atom stereocenters. The van der Waals surface area contributed by atoms with Crippen LogP contribution < -0.4 is 0 Å². The third-order valence-electron chi connectivity index (χ3n) is 1.23. The highest BCUT2D eigenvalue weighted by atomic mass is 35.5. The van der Waals surface area contributed by atoms with E-state index in [2.05, 4.69) is 4.89 Å². The summed E-state index contributed by atoms with van der Waals surface area (Å²) in [6.07, 6.45) is 0. The van der Waals surface area contributed by atoms with Crippen LogP contribution in [0.5, 0.6) is 0 Å². The monoisotopic (exact) mass is 205 g/mol. The molecule has 0 bridgehead atoms. The van der Waals surface area contributed by atoms with Crippen molar-refractivity contribution in [2.75, 3.05) is 0 Å². The minimum Gasteiger partial charge on any atom is -0.260 e. The number of carbonyl (C=O) groups is 1. The summed E-state index contributed by atoms with van der Waals surface area (Å²) in [5.74, 6) is -1.02. The van der Waals surface area contributed by atoms with E-state index in [0.717, 1.165) is 0 Å². The second-order valence-electron chi connectivity index (χ2n) is 1.99. The lowest BCUT2D eigenvalue weighted by Crippen LogP contribution is -2.00. The molecule has 0 aliphatic heterocycles. The second-order valence-corrected chi connectivity index (χ2v) is 2.84. The largest absolute Gasteiger partial charge is 0.378 e. The highest BCUT2D eigenvalue weighted by Gasteiger charge is 2.11. The smallest absolute Gasteiger partial charge is 0.260 e. The summed E-state index contributed by atoms with van der Waals surface area (Å²) in [5.41, 5.74) is 0.0102. The molecule has 1 rings (SSSR count). The molecule has 0 saturated carbocycles. The molecule has 0 heterocycles. The molecule has 1 aromatic carbocycles. The van der Waals surface area contributed by atoms with Crippen molar-refractivity contribution in [3.05, 3.63) is 33.8 Å². The van der Waals surface area contributed by atoms with E-state index >= 15 is 0 Å². The molecular weight excluding hydrogens is 203 g/mol. The van der Waals surface area contributed by atoms with E-state index in [1.54, 1.807) is 0 Å². The van der Waals surface area contributed by atoms with Crippen LogP contribution in [0, 0.1) is 0 Å². The average molecular weight is 206 g/mol. The van der Waals surface area contributed by atoms with Crippen LogP contribution in [-0.4, -0.2) is 5.97 Å². The molecule has 0 N–H and O–H groups in total. The molecule has 5 heteroatoms. The summed E-state index contributed by atoms with van der Waals surface area (Å²) in [6.45, 7) is 0. The van der Waals surface area contributed by atoms with Crippen molar-refractivity contribution in [1.82, 2.24) is 0 Å². The van der Waals surface area contributed by atoms with E-state index in [9.17, 15) is 10.1 Å². The molecule has 0 atom stereocenters. The fourth-order valence-electron chi connectivity index (χ4n) is 0.700. The lowest BCUT2D eigenvalue weighted by molar-refractivity contribution is -0.245. The Balaban J connectivity index is 3.09. The van der Waals surface area contributed by atoms with Crippen LogP contribution in [0.3, 0.4) is 0 Å². The number of rotatable bonds is 1. The van der Waals surface area contributed by atoms with E-state index in [0.29, 0.717) is 5.02 Å². The molecule has 0 aliphatic carbocycles. The maximum Gasteiger partial charge on any atom is 0.378 e. The quantitative estimate of drug-likeness (QED) is 0.523. The molecule has 0 aromatic heterocycles. The zero-order chi connectivity index (χ0) is 9.14. The van der Waals surface area contributed by atoms with Crippen molar-refractivity contribution in [2.24, 2.45) is 0 Å². The topological polar surface area (TPSA) is 46.2 Å². The predicted octanol–water partition coefficient (Wildman–Crippen LogP) is 2.50. The molecule has 12 heavy (non-hydrogen) atoms. The maximum absolute atomic E-state index is 10.7. The van der Waals surface area contributed by atoms with Crippen LogP contribution in [-0.2, 0) is 10.1 Å². The van der Waals surface area contributed by atoms with E-state index < -0.39 is 5.97 Å². The van der Waals surface area contributed by atoms with Gasteiger partial charge in [-0.3, -0.25) is 4.89 Å². The van der Waals surface area contributed by atoms with Crippen LogP contribution >= 0.6 is 23.2 Å². The highest BCUT2D eigenvalue weighted by molar-refractivity contribution is 6.36. The number of carbonyl (C=O) groups excluding carboxylic acids is 1. The molecular formula is C7H3Cl2O3. The molecule has 0 saturated heterocycles. The van der Waals surface area contributed by atoms with E-state index in [-0.39, 0.29) is 10.6 Å². The minimum absolute atomic E-state index is 0.0102. The first-order valence-corrected chi connectivity index (χ1v) is 3.70. The van der Waals surface area contributed by atoms with Crippen molar-refractivity contribution in [3.63, 3.8) is 0 Å². The van der Waals surface area contributed by atoms with Crippen molar-refractivity contribution < 1.29 is 14.9 Å². The lowest BCUT2D eigenvalue weighted by Gasteiger charge is -1.98. The molecule has 1 radical (unpaired) electrons. The molecule has 63 valence electrons. The van der Waals surface area contributed by atoms with Gasteiger partial charge in [-0.25, -0.2) is 4.79 Å². The lowest BCUT2D eigenvalue weighted by atomic mass is 10.2. The summed E-state index contributed by atoms with van der Waals surface area (Å²) in [7, 11) is 0. The minimum atomic E-state index is -1.02. The molecule has 0 amide bonds. The first kappa shape index (κ1) is 9.32. The van der Waals surface area contributed by atoms with Crippen LogP contribution in [0.2, 0.25) is 10.0 Å². The fourth-order valence-corrected chi connectivity index (χ4v) is 1.19. The summed E-state index contributed by atoms with van der Waals surface area (Å²) in [5, 5.41) is 10.2. The Morgan fingerprint density at radius 1 is 1.33 bits per heavy atom. The first-order chi connectivity index (χ1) is 5.65. The first-order valence-electron chi connectivity index (χ1n) is 2.94. The third kappa shape index (κ3) is 1.88. The van der Waals surface area contributed by atoms with Gasteiger partial charge in [-0.1, -0.05) is 23.2 Å². The third-order valence-corrected chi connectivity index (χ3v) is 1.77. The van der Waals surface area contributed by atoms with Crippen molar-refractivity contribution >= 4 is 29.2 Å². The number of benzene rings is 1. The summed E-state index contributed by atoms with van der Waals surface area (Å²) in [4.78, 5) is 13.9. The van der Waals surface area contributed by atoms with Gasteiger partial charge in [0.15, 0.2) is 0 Å². The van der Waals surface area contributed by atoms with Gasteiger partial charge in [-0.2, -0.15) is 0 Å². The van der Waals surface area contributed by atoms with Gasteiger partial charge in [-0.15, -0.1) is 0 Å². The Labute approximate surface area is 78.4 Å². The molecule has 1 aromatic rings. The Bertz CT molecular complexity index is 312. The zero-order valence-electron chi connectivity index (χ0n) is 5.71. The van der Waals surface area contributed by atoms with Crippen LogP contribution in [0.25, 0.3) is 0 Å². The van der Waals surface area contributed by atoms with Gasteiger partial charge in [0, 0.05) is 10.3 Å². The normalized spacial score (nSPS) is 9.58. The standard InChI is InChI=1S/C7H3Cl2O3/c8-4-1-2-5(6(9)3-4)7(10)12-11/h1-3H. The van der Waals surface area contributed by atoms with Crippen molar-refractivity contribution in [3.8, 4) is 0 Å². The number of hydrogen-bond acceptors (Lipinski definition) is 2. The summed E-state index contributed by atoms with van der Waals surface area (Å²) >= 11 is 11.1. The van der Waals surface area contributed by atoms with Gasteiger partial charge in [0.25, 0.3) is 0 Å². The van der Waals surface area contributed by atoms with Crippen molar-refractivity contribution in [1.29, 1.82) is 0 Å². The van der Waals surface area contributed by atoms with Crippen molar-refractivity contribution in [2.45, 2.75) is 0 Å². The predicted molar refractivity (Wildman–Crippen MR) is 42.6 cm³/mol. The maximum atomic E-state index is 10.7. The van der Waals surface area contributed by atoms with E-state index in [1.807, 2.05) is 0 Å². The molecule has 0 aliphatic rings. The van der Waals surface area contributed by atoms with Gasteiger partial charge >= 0.3 is 5.97 Å². The van der Waals surface area contributed by atoms with Gasteiger partial charge in [0.2, 0.25) is 0 Å².